The molecule has 3 rings (SSSR count). The predicted molar refractivity (Wildman–Crippen MR) is 171 cm³/mol. The molecule has 46 heavy (non-hydrogen) atoms. The fraction of sp³-hybridized carbons (Fsp3) is 0.441. The van der Waals surface area contributed by atoms with Gasteiger partial charge in [-0.15, -0.1) is 0 Å². The molecule has 0 aromatic heterocycles. The highest BCUT2D eigenvalue weighted by atomic mass is 19.1. The van der Waals surface area contributed by atoms with Crippen molar-refractivity contribution in [3.63, 3.8) is 0 Å². The van der Waals surface area contributed by atoms with Gasteiger partial charge in [0.05, 0.1) is 13.2 Å². The largest absolute Gasteiger partial charge is 0.467 e. The second-order valence-electron chi connectivity index (χ2n) is 11.8. The first-order chi connectivity index (χ1) is 21.9. The number of esters is 1. The molecule has 1 aliphatic heterocycles. The summed E-state index contributed by atoms with van der Waals surface area (Å²) in [6, 6.07) is 9.03. The van der Waals surface area contributed by atoms with Crippen LogP contribution in [0.5, 0.6) is 0 Å². The van der Waals surface area contributed by atoms with E-state index in [1.54, 1.807) is 26.0 Å². The van der Waals surface area contributed by atoms with Crippen molar-refractivity contribution in [2.24, 2.45) is 5.92 Å². The molecule has 5 amide bonds. The monoisotopic (exact) mass is 637 g/mol. The van der Waals surface area contributed by atoms with E-state index >= 15 is 0 Å². The number of carbonyl (C=O) groups is 5. The Kier molecular flexibility index (Phi) is 13.7. The molecule has 12 heteroatoms. The van der Waals surface area contributed by atoms with Crippen LogP contribution in [0.3, 0.4) is 0 Å². The van der Waals surface area contributed by atoms with Crippen LogP contribution < -0.4 is 26.6 Å². The normalized spacial score (nSPS) is 19.3. The first kappa shape index (κ1) is 35.7. The molecule has 0 saturated carbocycles. The average molecular weight is 638 g/mol. The summed E-state index contributed by atoms with van der Waals surface area (Å²) in [5.74, 6) is -2.70. The molecule has 11 nitrogen and oxygen atoms in total. The van der Waals surface area contributed by atoms with E-state index in [4.69, 9.17) is 4.74 Å². The third-order valence-electron chi connectivity index (χ3n) is 7.59. The molecular weight excluding hydrogens is 593 g/mol. The lowest BCUT2D eigenvalue weighted by Crippen LogP contribution is -2.58. The lowest BCUT2D eigenvalue weighted by molar-refractivity contribution is -0.144. The van der Waals surface area contributed by atoms with E-state index < -0.39 is 53.8 Å². The van der Waals surface area contributed by atoms with Gasteiger partial charge in [0.2, 0.25) is 17.7 Å². The Balaban J connectivity index is 1.82. The summed E-state index contributed by atoms with van der Waals surface area (Å²) in [5, 5.41) is 13.7. The fourth-order valence-corrected chi connectivity index (χ4v) is 4.99. The Hall–Kier alpha value is -4.74. The second-order valence-corrected chi connectivity index (χ2v) is 11.8. The first-order valence-corrected chi connectivity index (χ1v) is 15.5. The second kappa shape index (κ2) is 17.7. The Bertz CT molecular complexity index is 1400. The van der Waals surface area contributed by atoms with Crippen LogP contribution in [-0.4, -0.2) is 67.5 Å². The van der Waals surface area contributed by atoms with Crippen LogP contribution in [0.1, 0.15) is 49.8 Å². The molecule has 0 bridgehead atoms. The SMILES string of the molecule is COC(=O)C(NC(=O)NC(Cc1ccc(C)cc1)C(=O)N[C@H]1CCCCNC(=O)/C=C/[C@H](Cc2cccc(F)c2)NC1=O)C(C)C. The van der Waals surface area contributed by atoms with Gasteiger partial charge in [0.15, 0.2) is 0 Å². The molecule has 0 saturated heterocycles. The van der Waals surface area contributed by atoms with Gasteiger partial charge < -0.3 is 31.3 Å². The lowest BCUT2D eigenvalue weighted by Gasteiger charge is -2.26. The zero-order chi connectivity index (χ0) is 33.6. The summed E-state index contributed by atoms with van der Waals surface area (Å²) >= 11 is 0. The van der Waals surface area contributed by atoms with Crippen molar-refractivity contribution in [3.05, 3.63) is 83.2 Å². The Morgan fingerprint density at radius 3 is 2.43 bits per heavy atom. The summed E-state index contributed by atoms with van der Waals surface area (Å²) in [6.07, 6.45) is 4.56. The van der Waals surface area contributed by atoms with Gasteiger partial charge in [-0.3, -0.25) is 14.4 Å². The highest BCUT2D eigenvalue weighted by Crippen LogP contribution is 2.12. The number of aryl methyl sites for hydroxylation is 1. The fourth-order valence-electron chi connectivity index (χ4n) is 4.99. The van der Waals surface area contributed by atoms with Gasteiger partial charge in [0.25, 0.3) is 0 Å². The molecule has 1 aliphatic rings. The number of nitrogens with one attached hydrogen (secondary N) is 5. The van der Waals surface area contributed by atoms with Crippen LogP contribution in [0, 0.1) is 18.7 Å². The minimum Gasteiger partial charge on any atom is -0.467 e. The first-order valence-electron chi connectivity index (χ1n) is 15.5. The number of hydrogen-bond donors (Lipinski definition) is 5. The zero-order valence-electron chi connectivity index (χ0n) is 26.7. The maximum atomic E-state index is 13.9. The number of methoxy groups -OCH3 is 1. The molecule has 0 aliphatic carbocycles. The van der Waals surface area contributed by atoms with Crippen LogP contribution in [0.4, 0.5) is 9.18 Å². The van der Waals surface area contributed by atoms with E-state index in [-0.39, 0.29) is 31.1 Å². The number of halogens is 1. The van der Waals surface area contributed by atoms with Crippen molar-refractivity contribution in [3.8, 4) is 0 Å². The van der Waals surface area contributed by atoms with Crippen molar-refractivity contribution in [1.29, 1.82) is 0 Å². The predicted octanol–water partition coefficient (Wildman–Crippen LogP) is 2.61. The Labute approximate surface area is 269 Å². The highest BCUT2D eigenvalue weighted by molar-refractivity contribution is 5.93. The molecule has 0 spiro atoms. The molecule has 248 valence electrons. The number of hydrogen-bond acceptors (Lipinski definition) is 6. The van der Waals surface area contributed by atoms with Crippen LogP contribution in [0.15, 0.2) is 60.7 Å². The zero-order valence-corrected chi connectivity index (χ0v) is 26.7. The summed E-state index contributed by atoms with van der Waals surface area (Å²) < 4.78 is 18.7. The Morgan fingerprint density at radius 1 is 1.02 bits per heavy atom. The van der Waals surface area contributed by atoms with Crippen molar-refractivity contribution in [2.75, 3.05) is 13.7 Å². The third kappa shape index (κ3) is 11.6. The topological polar surface area (TPSA) is 155 Å². The van der Waals surface area contributed by atoms with E-state index in [1.807, 2.05) is 31.2 Å². The molecule has 0 radical (unpaired) electrons. The smallest absolute Gasteiger partial charge is 0.328 e. The number of urea groups is 1. The van der Waals surface area contributed by atoms with Crippen molar-refractivity contribution in [2.45, 2.75) is 77.0 Å². The molecule has 2 aromatic rings. The van der Waals surface area contributed by atoms with Gasteiger partial charge in [-0.2, -0.15) is 0 Å². The molecular formula is C34H44FN5O6. The maximum Gasteiger partial charge on any atom is 0.328 e. The summed E-state index contributed by atoms with van der Waals surface area (Å²) in [5.41, 5.74) is 2.41. The lowest BCUT2D eigenvalue weighted by atomic mass is 10.0. The maximum absolute atomic E-state index is 13.9. The standard InChI is InChI=1S/C34H44FN5O6/c1-21(2)30(33(44)46-4)40-34(45)39-28(20-23-13-11-22(3)12-14-23)32(43)38-27-10-5-6-17-36-29(41)16-15-26(37-31(27)42)19-24-8-7-9-25(35)18-24/h7-9,11-16,18,21,26-28,30H,5-6,10,17,19-20H2,1-4H3,(H,36,41)(H,37,42)(H,38,43)(H2,39,40,45)/b16-15+/t26-,27+,28?,30?/m1/s1. The molecule has 0 fully saturated rings. The molecule has 2 aromatic carbocycles. The van der Waals surface area contributed by atoms with Gasteiger partial charge >= 0.3 is 12.0 Å². The van der Waals surface area contributed by atoms with Gasteiger partial charge in [-0.25, -0.2) is 14.0 Å². The van der Waals surface area contributed by atoms with E-state index in [2.05, 4.69) is 26.6 Å². The highest BCUT2D eigenvalue weighted by Gasteiger charge is 2.30. The molecule has 1 heterocycles. The average Bonchev–Trinajstić information content (AvgIpc) is 3.01. The minimum atomic E-state index is -1.09. The minimum absolute atomic E-state index is 0.120. The van der Waals surface area contributed by atoms with Gasteiger partial charge in [-0.1, -0.05) is 61.9 Å². The van der Waals surface area contributed by atoms with Gasteiger partial charge in [-0.05, 0) is 61.8 Å². The number of carbonyl (C=O) groups excluding carboxylic acids is 5. The number of rotatable bonds is 10. The van der Waals surface area contributed by atoms with Crippen molar-refractivity contribution >= 4 is 29.7 Å². The summed E-state index contributed by atoms with van der Waals surface area (Å²) in [7, 11) is 1.23. The van der Waals surface area contributed by atoms with Crippen molar-refractivity contribution in [1.82, 2.24) is 26.6 Å². The van der Waals surface area contributed by atoms with Crippen LogP contribution >= 0.6 is 0 Å². The van der Waals surface area contributed by atoms with Gasteiger partial charge in [0.1, 0.15) is 23.9 Å². The van der Waals surface area contributed by atoms with E-state index in [1.165, 1.54) is 31.4 Å². The summed E-state index contributed by atoms with van der Waals surface area (Å²) in [4.78, 5) is 64.9. The number of amides is 5. The van der Waals surface area contributed by atoms with Gasteiger partial charge in [0, 0.05) is 19.0 Å². The molecule has 4 atom stereocenters. The quantitative estimate of drug-likeness (QED) is 0.253. The summed E-state index contributed by atoms with van der Waals surface area (Å²) in [6.45, 7) is 5.82. The van der Waals surface area contributed by atoms with Crippen LogP contribution in [0.2, 0.25) is 0 Å². The Morgan fingerprint density at radius 2 is 1.76 bits per heavy atom. The number of benzene rings is 2. The number of ether oxygens (including phenoxy) is 1. The molecule has 2 unspecified atom stereocenters. The van der Waals surface area contributed by atoms with E-state index in [9.17, 15) is 28.4 Å². The molecule has 5 N–H and O–H groups in total. The van der Waals surface area contributed by atoms with Crippen molar-refractivity contribution < 1.29 is 33.1 Å². The van der Waals surface area contributed by atoms with E-state index in [0.717, 1.165) is 11.1 Å². The van der Waals surface area contributed by atoms with Crippen LogP contribution in [0.25, 0.3) is 0 Å². The van der Waals surface area contributed by atoms with E-state index in [0.29, 0.717) is 24.9 Å². The van der Waals surface area contributed by atoms with Crippen LogP contribution in [-0.2, 0) is 36.8 Å². The third-order valence-corrected chi connectivity index (χ3v) is 7.59.